The van der Waals surface area contributed by atoms with Gasteiger partial charge in [-0.25, -0.2) is 0 Å². The lowest BCUT2D eigenvalue weighted by atomic mass is 10.1. The van der Waals surface area contributed by atoms with E-state index in [1.54, 1.807) is 0 Å². The van der Waals surface area contributed by atoms with Crippen LogP contribution in [0, 0.1) is 12.8 Å². The molecule has 2 aliphatic rings. The Labute approximate surface area is 178 Å². The lowest BCUT2D eigenvalue weighted by molar-refractivity contribution is -0.121. The van der Waals surface area contributed by atoms with Crippen LogP contribution >= 0.6 is 0 Å². The number of ether oxygens (including phenoxy) is 1. The molecule has 1 N–H and O–H groups in total. The molecule has 2 aromatic carbocycles. The maximum Gasteiger partial charge on any atom is 0.230 e. The molecular formula is C25H30N2O3. The van der Waals surface area contributed by atoms with E-state index in [2.05, 4.69) is 36.5 Å². The van der Waals surface area contributed by atoms with Gasteiger partial charge < -0.3 is 15.0 Å². The van der Waals surface area contributed by atoms with Crippen molar-refractivity contribution in [3.63, 3.8) is 0 Å². The highest BCUT2D eigenvalue weighted by Gasteiger charge is 2.34. The van der Waals surface area contributed by atoms with Crippen LogP contribution in [0.1, 0.15) is 42.4 Å². The maximum absolute atomic E-state index is 12.9. The Morgan fingerprint density at radius 3 is 2.33 bits per heavy atom. The van der Waals surface area contributed by atoms with Gasteiger partial charge in [0, 0.05) is 24.8 Å². The molecule has 1 aliphatic carbocycles. The molecule has 1 aliphatic heterocycles. The van der Waals surface area contributed by atoms with Gasteiger partial charge in [-0.15, -0.1) is 0 Å². The highest BCUT2D eigenvalue weighted by Crippen LogP contribution is 2.33. The van der Waals surface area contributed by atoms with Crippen molar-refractivity contribution >= 4 is 17.5 Å². The minimum atomic E-state index is 0.00354. The SMILES string of the molecule is Cc1ccc(CN(C(=O)C2CC2)c2ccc(CC(=O)NC[C@H]3CCCO3)cc2)cc1. The van der Waals surface area contributed by atoms with Crippen LogP contribution in [0.4, 0.5) is 5.69 Å². The van der Waals surface area contributed by atoms with Crippen molar-refractivity contribution in [1.82, 2.24) is 5.32 Å². The Morgan fingerprint density at radius 1 is 1.00 bits per heavy atom. The zero-order valence-corrected chi connectivity index (χ0v) is 17.6. The van der Waals surface area contributed by atoms with E-state index in [-0.39, 0.29) is 23.8 Å². The van der Waals surface area contributed by atoms with Crippen molar-refractivity contribution in [3.05, 3.63) is 65.2 Å². The Morgan fingerprint density at radius 2 is 1.70 bits per heavy atom. The molecule has 0 bridgehead atoms. The second-order valence-corrected chi connectivity index (χ2v) is 8.47. The van der Waals surface area contributed by atoms with Crippen LogP contribution in [-0.4, -0.2) is 31.1 Å². The fourth-order valence-corrected chi connectivity index (χ4v) is 3.80. The van der Waals surface area contributed by atoms with Crippen molar-refractivity contribution in [1.29, 1.82) is 0 Å². The zero-order valence-electron chi connectivity index (χ0n) is 17.6. The number of nitrogens with zero attached hydrogens (tertiary/aromatic N) is 1. The molecule has 158 valence electrons. The largest absolute Gasteiger partial charge is 0.376 e. The molecule has 4 rings (SSSR count). The molecule has 5 nitrogen and oxygen atoms in total. The number of hydrogen-bond acceptors (Lipinski definition) is 3. The summed E-state index contributed by atoms with van der Waals surface area (Å²) in [6.07, 6.45) is 4.53. The molecule has 0 unspecified atom stereocenters. The fourth-order valence-electron chi connectivity index (χ4n) is 3.80. The lowest BCUT2D eigenvalue weighted by Crippen LogP contribution is -2.33. The highest BCUT2D eigenvalue weighted by atomic mass is 16.5. The average Bonchev–Trinajstić information content (AvgIpc) is 3.48. The summed E-state index contributed by atoms with van der Waals surface area (Å²) in [4.78, 5) is 27.0. The fraction of sp³-hybridized carbons (Fsp3) is 0.440. The van der Waals surface area contributed by atoms with Crippen LogP contribution in [0.15, 0.2) is 48.5 Å². The highest BCUT2D eigenvalue weighted by molar-refractivity contribution is 5.96. The summed E-state index contributed by atoms with van der Waals surface area (Å²) in [7, 11) is 0. The molecule has 1 atom stereocenters. The minimum Gasteiger partial charge on any atom is -0.376 e. The van der Waals surface area contributed by atoms with Crippen molar-refractivity contribution in [2.75, 3.05) is 18.1 Å². The van der Waals surface area contributed by atoms with E-state index >= 15 is 0 Å². The molecule has 0 aromatic heterocycles. The summed E-state index contributed by atoms with van der Waals surface area (Å²) in [6.45, 7) is 4.00. The Bertz CT molecular complexity index is 866. The predicted molar refractivity (Wildman–Crippen MR) is 117 cm³/mol. The third-order valence-corrected chi connectivity index (χ3v) is 5.82. The predicted octanol–water partition coefficient (Wildman–Crippen LogP) is 3.78. The summed E-state index contributed by atoms with van der Waals surface area (Å²) < 4.78 is 5.55. The zero-order chi connectivity index (χ0) is 20.9. The second-order valence-electron chi connectivity index (χ2n) is 8.47. The average molecular weight is 407 g/mol. The molecular weight excluding hydrogens is 376 g/mol. The molecule has 0 radical (unpaired) electrons. The van der Waals surface area contributed by atoms with E-state index in [0.717, 1.165) is 49.1 Å². The number of aryl methyl sites for hydroxylation is 1. The Kier molecular flexibility index (Phi) is 6.48. The van der Waals surface area contributed by atoms with Crippen molar-refractivity contribution in [3.8, 4) is 0 Å². The molecule has 5 heteroatoms. The normalized spacial score (nSPS) is 18.2. The van der Waals surface area contributed by atoms with E-state index in [4.69, 9.17) is 4.74 Å². The van der Waals surface area contributed by atoms with Crippen LogP contribution < -0.4 is 10.2 Å². The number of benzene rings is 2. The van der Waals surface area contributed by atoms with Gasteiger partial charge in [-0.05, 0) is 55.9 Å². The Balaban J connectivity index is 1.39. The standard InChI is InChI=1S/C25H30N2O3/c1-18-4-6-20(7-5-18)17-27(25(29)21-10-11-21)22-12-8-19(9-13-22)15-24(28)26-16-23-3-2-14-30-23/h4-9,12-13,21,23H,2-3,10-11,14-17H2,1H3,(H,26,28)/t23-/m1/s1. The molecule has 2 fully saturated rings. The van der Waals surface area contributed by atoms with Gasteiger partial charge in [0.1, 0.15) is 0 Å². The van der Waals surface area contributed by atoms with E-state index in [1.165, 1.54) is 5.56 Å². The number of hydrogen-bond donors (Lipinski definition) is 1. The van der Waals surface area contributed by atoms with E-state index in [1.807, 2.05) is 29.2 Å². The third kappa shape index (κ3) is 5.48. The number of amides is 2. The number of carbonyl (C=O) groups is 2. The van der Waals surface area contributed by atoms with Gasteiger partial charge >= 0.3 is 0 Å². The molecule has 1 saturated carbocycles. The molecule has 1 saturated heterocycles. The molecule has 30 heavy (non-hydrogen) atoms. The number of rotatable bonds is 8. The topological polar surface area (TPSA) is 58.6 Å². The number of nitrogens with one attached hydrogen (secondary N) is 1. The van der Waals surface area contributed by atoms with Crippen LogP contribution in [0.3, 0.4) is 0 Å². The first-order valence-corrected chi connectivity index (χ1v) is 10.9. The first-order valence-electron chi connectivity index (χ1n) is 10.9. The first kappa shape index (κ1) is 20.6. The quantitative estimate of drug-likeness (QED) is 0.726. The Hall–Kier alpha value is -2.66. The van der Waals surface area contributed by atoms with Gasteiger partial charge in [0.2, 0.25) is 11.8 Å². The van der Waals surface area contributed by atoms with Crippen molar-refractivity contribution < 1.29 is 14.3 Å². The molecule has 2 amide bonds. The maximum atomic E-state index is 12.9. The van der Waals surface area contributed by atoms with Gasteiger partial charge in [-0.1, -0.05) is 42.0 Å². The molecule has 2 aromatic rings. The van der Waals surface area contributed by atoms with E-state index in [9.17, 15) is 9.59 Å². The first-order chi connectivity index (χ1) is 14.6. The summed E-state index contributed by atoms with van der Waals surface area (Å²) in [5.41, 5.74) is 4.15. The second kappa shape index (κ2) is 9.43. The number of carbonyl (C=O) groups excluding carboxylic acids is 2. The van der Waals surface area contributed by atoms with Gasteiger partial charge in [-0.3, -0.25) is 9.59 Å². The monoisotopic (exact) mass is 406 g/mol. The van der Waals surface area contributed by atoms with Gasteiger partial charge in [0.15, 0.2) is 0 Å². The summed E-state index contributed by atoms with van der Waals surface area (Å²) in [5.74, 6) is 0.347. The molecule has 0 spiro atoms. The molecule has 1 heterocycles. The minimum absolute atomic E-state index is 0.00354. The van der Waals surface area contributed by atoms with Gasteiger partial charge in [-0.2, -0.15) is 0 Å². The van der Waals surface area contributed by atoms with Gasteiger partial charge in [0.05, 0.1) is 19.1 Å². The van der Waals surface area contributed by atoms with Gasteiger partial charge in [0.25, 0.3) is 0 Å². The summed E-state index contributed by atoms with van der Waals surface area (Å²) in [6, 6.07) is 16.1. The van der Waals surface area contributed by atoms with E-state index in [0.29, 0.717) is 19.5 Å². The van der Waals surface area contributed by atoms with Crippen LogP contribution in [-0.2, 0) is 27.3 Å². The van der Waals surface area contributed by atoms with Crippen LogP contribution in [0.5, 0.6) is 0 Å². The smallest absolute Gasteiger partial charge is 0.230 e. The number of anilines is 1. The van der Waals surface area contributed by atoms with Crippen LogP contribution in [0.25, 0.3) is 0 Å². The van der Waals surface area contributed by atoms with E-state index < -0.39 is 0 Å². The third-order valence-electron chi connectivity index (χ3n) is 5.82. The lowest BCUT2D eigenvalue weighted by Gasteiger charge is -2.23. The van der Waals surface area contributed by atoms with Crippen molar-refractivity contribution in [2.24, 2.45) is 5.92 Å². The summed E-state index contributed by atoms with van der Waals surface area (Å²) in [5, 5.41) is 2.96. The van der Waals surface area contributed by atoms with Crippen molar-refractivity contribution in [2.45, 2.75) is 51.7 Å². The van der Waals surface area contributed by atoms with Crippen LogP contribution in [0.2, 0.25) is 0 Å². The summed E-state index contributed by atoms with van der Waals surface area (Å²) >= 11 is 0.